The molecule has 0 radical (unpaired) electrons. The van der Waals surface area contributed by atoms with E-state index in [9.17, 15) is 0 Å². The van der Waals surface area contributed by atoms with Crippen LogP contribution in [0.25, 0.3) is 11.3 Å². The summed E-state index contributed by atoms with van der Waals surface area (Å²) in [4.78, 5) is 13.1. The molecule has 0 aliphatic carbocycles. The fraction of sp³-hybridized carbons (Fsp3) is 0.429. The van der Waals surface area contributed by atoms with Crippen LogP contribution in [0.4, 0.5) is 0 Å². The number of hydrogen-bond donors (Lipinski definition) is 0. The van der Waals surface area contributed by atoms with E-state index in [4.69, 9.17) is 14.0 Å². The summed E-state index contributed by atoms with van der Waals surface area (Å²) in [5, 5.41) is 3.97. The molecule has 0 amide bonds. The van der Waals surface area contributed by atoms with Crippen LogP contribution in [0.15, 0.2) is 35.1 Å². The van der Waals surface area contributed by atoms with Gasteiger partial charge in [-0.1, -0.05) is 12.1 Å². The number of hydrogen-bond acceptors (Lipinski definition) is 7. The summed E-state index contributed by atoms with van der Waals surface area (Å²) in [5.74, 6) is 2.47. The minimum Gasteiger partial charge on any atom is -0.488 e. The molecule has 0 saturated heterocycles. The second-order valence-electron chi connectivity index (χ2n) is 7.51. The highest BCUT2D eigenvalue weighted by atomic mass is 16.5. The molecule has 2 heterocycles. The number of aromatic nitrogens is 4. The summed E-state index contributed by atoms with van der Waals surface area (Å²) in [7, 11) is 0. The van der Waals surface area contributed by atoms with Gasteiger partial charge in [-0.15, -0.1) is 0 Å². The van der Waals surface area contributed by atoms with E-state index in [1.807, 2.05) is 45.9 Å². The molecule has 148 valence electrons. The van der Waals surface area contributed by atoms with Crippen molar-refractivity contribution in [1.82, 2.24) is 20.1 Å². The van der Waals surface area contributed by atoms with Crippen molar-refractivity contribution in [3.63, 3.8) is 0 Å². The molecule has 0 atom stereocenters. The highest BCUT2D eigenvalue weighted by Crippen LogP contribution is 2.35. The van der Waals surface area contributed by atoms with Crippen LogP contribution in [-0.2, 0) is 13.0 Å². The molecule has 0 spiro atoms. The highest BCUT2D eigenvalue weighted by molar-refractivity contribution is 5.70. The van der Waals surface area contributed by atoms with Crippen LogP contribution in [0.5, 0.6) is 11.5 Å². The van der Waals surface area contributed by atoms with Gasteiger partial charge in [0.1, 0.15) is 17.1 Å². The largest absolute Gasteiger partial charge is 0.488 e. The molecule has 0 aliphatic rings. The summed E-state index contributed by atoms with van der Waals surface area (Å²) in [6.45, 7) is 10.2. The number of ether oxygens (including phenoxy) is 2. The fourth-order valence-electron chi connectivity index (χ4n) is 2.72. The third kappa shape index (κ3) is 5.06. The second-order valence-corrected chi connectivity index (χ2v) is 7.51. The van der Waals surface area contributed by atoms with Crippen molar-refractivity contribution < 1.29 is 14.0 Å². The SMILES string of the molecule is CCCc1noc(COc2cc(OC(C)(C)C)ccc2-c2nccnc2C)n1. The molecule has 2 aromatic heterocycles. The van der Waals surface area contributed by atoms with Gasteiger partial charge in [0.25, 0.3) is 5.89 Å². The van der Waals surface area contributed by atoms with Crippen LogP contribution < -0.4 is 9.47 Å². The lowest BCUT2D eigenvalue weighted by Gasteiger charge is -2.22. The van der Waals surface area contributed by atoms with Crippen LogP contribution >= 0.6 is 0 Å². The lowest BCUT2D eigenvalue weighted by atomic mass is 10.1. The summed E-state index contributed by atoms with van der Waals surface area (Å²) >= 11 is 0. The molecule has 3 rings (SSSR count). The molecule has 0 aliphatic heterocycles. The van der Waals surface area contributed by atoms with Gasteiger partial charge in [-0.2, -0.15) is 4.98 Å². The van der Waals surface area contributed by atoms with E-state index in [1.54, 1.807) is 12.4 Å². The Hall–Kier alpha value is -2.96. The summed E-state index contributed by atoms with van der Waals surface area (Å²) in [6.07, 6.45) is 5.08. The summed E-state index contributed by atoms with van der Waals surface area (Å²) in [5.41, 5.74) is 2.10. The molecule has 0 saturated carbocycles. The molecular formula is C21H26N4O3. The fourth-order valence-corrected chi connectivity index (χ4v) is 2.72. The van der Waals surface area contributed by atoms with Crippen molar-refractivity contribution in [3.8, 4) is 22.8 Å². The van der Waals surface area contributed by atoms with Gasteiger partial charge in [0.05, 0.1) is 11.4 Å². The Balaban J connectivity index is 1.90. The Morgan fingerprint density at radius 2 is 1.89 bits per heavy atom. The zero-order chi connectivity index (χ0) is 20.1. The molecule has 28 heavy (non-hydrogen) atoms. The molecule has 0 N–H and O–H groups in total. The third-order valence-electron chi connectivity index (χ3n) is 3.85. The molecule has 7 heteroatoms. The Morgan fingerprint density at radius 3 is 2.61 bits per heavy atom. The van der Waals surface area contributed by atoms with Gasteiger partial charge in [0.15, 0.2) is 12.4 Å². The maximum Gasteiger partial charge on any atom is 0.264 e. The number of rotatable bonds is 7. The first-order chi connectivity index (χ1) is 13.4. The van der Waals surface area contributed by atoms with Crippen molar-refractivity contribution in [2.24, 2.45) is 0 Å². The topological polar surface area (TPSA) is 83.2 Å². The normalized spacial score (nSPS) is 11.5. The first-order valence-electron chi connectivity index (χ1n) is 9.41. The van der Waals surface area contributed by atoms with E-state index in [-0.39, 0.29) is 12.2 Å². The van der Waals surface area contributed by atoms with E-state index in [1.165, 1.54) is 0 Å². The molecular weight excluding hydrogens is 356 g/mol. The molecule has 0 fully saturated rings. The molecule has 7 nitrogen and oxygen atoms in total. The molecule has 0 bridgehead atoms. The van der Waals surface area contributed by atoms with Crippen molar-refractivity contribution in [2.45, 2.75) is 59.7 Å². The third-order valence-corrected chi connectivity index (χ3v) is 3.85. The van der Waals surface area contributed by atoms with Gasteiger partial charge >= 0.3 is 0 Å². The van der Waals surface area contributed by atoms with E-state index >= 15 is 0 Å². The first kappa shape index (κ1) is 19.8. The van der Waals surface area contributed by atoms with E-state index < -0.39 is 0 Å². The van der Waals surface area contributed by atoms with Gasteiger partial charge in [-0.3, -0.25) is 9.97 Å². The average molecular weight is 382 g/mol. The van der Waals surface area contributed by atoms with Gasteiger partial charge in [0.2, 0.25) is 0 Å². The quantitative estimate of drug-likeness (QED) is 0.593. The van der Waals surface area contributed by atoms with Crippen LogP contribution in [-0.4, -0.2) is 25.7 Å². The van der Waals surface area contributed by atoms with Gasteiger partial charge in [-0.25, -0.2) is 0 Å². The van der Waals surface area contributed by atoms with Crippen LogP contribution in [0.1, 0.15) is 51.5 Å². The maximum atomic E-state index is 6.04. The van der Waals surface area contributed by atoms with Crippen LogP contribution in [0, 0.1) is 6.92 Å². The monoisotopic (exact) mass is 382 g/mol. The highest BCUT2D eigenvalue weighted by Gasteiger charge is 2.17. The average Bonchev–Trinajstić information content (AvgIpc) is 3.07. The zero-order valence-electron chi connectivity index (χ0n) is 17.0. The van der Waals surface area contributed by atoms with Crippen molar-refractivity contribution in [1.29, 1.82) is 0 Å². The Bertz CT molecular complexity index is 931. The van der Waals surface area contributed by atoms with Crippen LogP contribution in [0.2, 0.25) is 0 Å². The first-order valence-corrected chi connectivity index (χ1v) is 9.41. The minimum absolute atomic E-state index is 0.169. The molecule has 1 aromatic carbocycles. The van der Waals surface area contributed by atoms with Crippen molar-refractivity contribution in [3.05, 3.63) is 48.0 Å². The Labute approximate surface area is 165 Å². The number of benzene rings is 1. The summed E-state index contributed by atoms with van der Waals surface area (Å²) in [6, 6.07) is 5.70. The van der Waals surface area contributed by atoms with E-state index in [0.29, 0.717) is 23.2 Å². The van der Waals surface area contributed by atoms with E-state index in [0.717, 1.165) is 29.8 Å². The van der Waals surface area contributed by atoms with Crippen molar-refractivity contribution in [2.75, 3.05) is 0 Å². The predicted molar refractivity (Wildman–Crippen MR) is 105 cm³/mol. The van der Waals surface area contributed by atoms with Gasteiger partial charge in [0, 0.05) is 30.4 Å². The van der Waals surface area contributed by atoms with Gasteiger partial charge < -0.3 is 14.0 Å². The van der Waals surface area contributed by atoms with Crippen molar-refractivity contribution >= 4 is 0 Å². The molecule has 0 unspecified atom stereocenters. The lowest BCUT2D eigenvalue weighted by Crippen LogP contribution is -2.22. The standard InChI is InChI=1S/C21H26N4O3/c1-6-7-18-24-19(28-25-18)13-26-17-12-15(27-21(3,4)5)8-9-16(17)20-14(2)22-10-11-23-20/h8-12H,6-7,13H2,1-5H3. The molecule has 3 aromatic rings. The zero-order valence-corrected chi connectivity index (χ0v) is 17.0. The Morgan fingerprint density at radius 1 is 1.11 bits per heavy atom. The Kier molecular flexibility index (Phi) is 5.92. The number of nitrogens with zero attached hydrogens (tertiary/aromatic N) is 4. The predicted octanol–water partition coefficient (Wildman–Crippen LogP) is 4.54. The lowest BCUT2D eigenvalue weighted by molar-refractivity contribution is 0.130. The van der Waals surface area contributed by atoms with Gasteiger partial charge in [-0.05, 0) is 46.2 Å². The number of aryl methyl sites for hydroxylation is 2. The summed E-state index contributed by atoms with van der Waals surface area (Å²) < 4.78 is 17.3. The second kappa shape index (κ2) is 8.37. The smallest absolute Gasteiger partial charge is 0.264 e. The van der Waals surface area contributed by atoms with Crippen LogP contribution in [0.3, 0.4) is 0 Å². The minimum atomic E-state index is -0.317. The van der Waals surface area contributed by atoms with E-state index in [2.05, 4.69) is 27.0 Å². The maximum absolute atomic E-state index is 6.04.